The molecule has 1 atom stereocenters. The summed E-state index contributed by atoms with van der Waals surface area (Å²) in [6.45, 7) is 0. The third-order valence-corrected chi connectivity index (χ3v) is 4.37. The van der Waals surface area contributed by atoms with Crippen LogP contribution in [0.4, 0.5) is 11.4 Å². The van der Waals surface area contributed by atoms with Gasteiger partial charge in [-0.3, -0.25) is 10.1 Å². The molecule has 0 bridgehead atoms. The highest BCUT2D eigenvalue weighted by atomic mass is 127. The maximum absolute atomic E-state index is 11.3. The van der Waals surface area contributed by atoms with Crippen molar-refractivity contribution in [3.05, 3.63) is 54.3 Å². The molecule has 2 aromatic rings. The molecule has 0 aliphatic heterocycles. The Kier molecular flexibility index (Phi) is 4.55. The highest BCUT2D eigenvalue weighted by Gasteiger charge is 2.22. The van der Waals surface area contributed by atoms with E-state index in [1.54, 1.807) is 17.5 Å². The van der Waals surface area contributed by atoms with Gasteiger partial charge < -0.3 is 10.4 Å². The lowest BCUT2D eigenvalue weighted by atomic mass is 10.2. The standard InChI is InChI=1S/C12H9IN2O4S/c13-8-6-7(15(18)19)3-4-9(8)14-11(12(16)17)10-2-1-5-20-10/h1-6,11,14H,(H,16,17). The number of carboxylic acid groups (broad SMARTS) is 1. The van der Waals surface area contributed by atoms with Crippen LogP contribution in [0.15, 0.2) is 35.7 Å². The van der Waals surface area contributed by atoms with Gasteiger partial charge in [0.05, 0.1) is 4.92 Å². The van der Waals surface area contributed by atoms with Gasteiger partial charge in [0.25, 0.3) is 5.69 Å². The number of non-ortho nitro benzene ring substituents is 1. The molecule has 8 heteroatoms. The average Bonchev–Trinajstić information content (AvgIpc) is 2.90. The van der Waals surface area contributed by atoms with Gasteiger partial charge in [0, 0.05) is 26.3 Å². The summed E-state index contributed by atoms with van der Waals surface area (Å²) in [4.78, 5) is 22.2. The molecule has 0 saturated heterocycles. The van der Waals surface area contributed by atoms with Gasteiger partial charge in [0.15, 0.2) is 6.04 Å². The molecule has 0 amide bonds. The van der Waals surface area contributed by atoms with E-state index < -0.39 is 16.9 Å². The maximum atomic E-state index is 11.3. The summed E-state index contributed by atoms with van der Waals surface area (Å²) in [6.07, 6.45) is 0. The number of nitrogens with zero attached hydrogens (tertiary/aromatic N) is 1. The Hall–Kier alpha value is -1.68. The number of hydrogen-bond donors (Lipinski definition) is 2. The van der Waals surface area contributed by atoms with Crippen LogP contribution in [-0.4, -0.2) is 16.0 Å². The van der Waals surface area contributed by atoms with Gasteiger partial charge in [-0.25, -0.2) is 4.79 Å². The Morgan fingerprint density at radius 3 is 2.70 bits per heavy atom. The van der Waals surface area contributed by atoms with Crippen molar-refractivity contribution in [2.75, 3.05) is 5.32 Å². The predicted molar refractivity (Wildman–Crippen MR) is 84.1 cm³/mol. The number of rotatable bonds is 5. The second kappa shape index (κ2) is 6.18. The first-order valence-corrected chi connectivity index (χ1v) is 7.41. The molecule has 0 fully saturated rings. The van der Waals surface area contributed by atoms with Gasteiger partial charge >= 0.3 is 5.97 Å². The number of thiophene rings is 1. The number of carboxylic acids is 1. The molecule has 0 radical (unpaired) electrons. The SMILES string of the molecule is O=C(O)C(Nc1ccc([N+](=O)[O-])cc1I)c1cccs1. The first-order chi connectivity index (χ1) is 9.49. The van der Waals surface area contributed by atoms with Gasteiger partial charge in [0.1, 0.15) is 0 Å². The molecule has 0 saturated carbocycles. The smallest absolute Gasteiger partial charge is 0.331 e. The number of anilines is 1. The van der Waals surface area contributed by atoms with E-state index in [-0.39, 0.29) is 5.69 Å². The second-order valence-electron chi connectivity index (χ2n) is 3.85. The van der Waals surface area contributed by atoms with Crippen molar-refractivity contribution in [1.29, 1.82) is 0 Å². The number of carbonyl (C=O) groups is 1. The summed E-state index contributed by atoms with van der Waals surface area (Å²) in [5.41, 5.74) is 0.528. The second-order valence-corrected chi connectivity index (χ2v) is 5.99. The normalized spacial score (nSPS) is 11.8. The first-order valence-electron chi connectivity index (χ1n) is 5.45. The van der Waals surface area contributed by atoms with E-state index in [1.807, 2.05) is 22.6 Å². The fourth-order valence-electron chi connectivity index (χ4n) is 1.60. The fourth-order valence-corrected chi connectivity index (χ4v) is 3.02. The van der Waals surface area contributed by atoms with Crippen LogP contribution in [0.25, 0.3) is 0 Å². The molecule has 1 heterocycles. The van der Waals surface area contributed by atoms with Crippen molar-refractivity contribution in [2.45, 2.75) is 6.04 Å². The molecule has 1 unspecified atom stereocenters. The molecule has 2 rings (SSSR count). The Balaban J connectivity index is 2.28. The number of benzene rings is 1. The van der Waals surface area contributed by atoms with Crippen LogP contribution in [0, 0.1) is 13.7 Å². The highest BCUT2D eigenvalue weighted by molar-refractivity contribution is 14.1. The zero-order chi connectivity index (χ0) is 14.7. The zero-order valence-corrected chi connectivity index (χ0v) is 12.9. The highest BCUT2D eigenvalue weighted by Crippen LogP contribution is 2.29. The van der Waals surface area contributed by atoms with Crippen LogP contribution in [0.3, 0.4) is 0 Å². The van der Waals surface area contributed by atoms with Gasteiger partial charge in [-0.1, -0.05) is 6.07 Å². The van der Waals surface area contributed by atoms with E-state index in [0.29, 0.717) is 14.1 Å². The summed E-state index contributed by atoms with van der Waals surface area (Å²) >= 11 is 3.28. The van der Waals surface area contributed by atoms with E-state index in [0.717, 1.165) is 0 Å². The third-order valence-electron chi connectivity index (χ3n) is 2.54. The van der Waals surface area contributed by atoms with Crippen LogP contribution >= 0.6 is 33.9 Å². The monoisotopic (exact) mass is 404 g/mol. The maximum Gasteiger partial charge on any atom is 0.331 e. The van der Waals surface area contributed by atoms with Crippen molar-refractivity contribution in [3.8, 4) is 0 Å². The lowest BCUT2D eigenvalue weighted by Gasteiger charge is -2.15. The molecule has 1 aromatic heterocycles. The van der Waals surface area contributed by atoms with Crippen LogP contribution in [0.1, 0.15) is 10.9 Å². The van der Waals surface area contributed by atoms with Gasteiger partial charge in [0.2, 0.25) is 0 Å². The number of aliphatic carboxylic acids is 1. The topological polar surface area (TPSA) is 92.5 Å². The van der Waals surface area contributed by atoms with Crippen molar-refractivity contribution in [1.82, 2.24) is 0 Å². The Morgan fingerprint density at radius 1 is 1.45 bits per heavy atom. The van der Waals surface area contributed by atoms with Gasteiger partial charge in [-0.2, -0.15) is 0 Å². The Labute approximate surface area is 131 Å². The molecule has 0 spiro atoms. The van der Waals surface area contributed by atoms with Crippen LogP contribution < -0.4 is 5.32 Å². The Morgan fingerprint density at radius 2 is 2.20 bits per heavy atom. The van der Waals surface area contributed by atoms with Crippen LogP contribution in [0.5, 0.6) is 0 Å². The molecule has 0 aliphatic rings. The summed E-state index contributed by atoms with van der Waals surface area (Å²) in [7, 11) is 0. The largest absolute Gasteiger partial charge is 0.479 e. The molecule has 2 N–H and O–H groups in total. The lowest BCUT2D eigenvalue weighted by molar-refractivity contribution is -0.384. The predicted octanol–water partition coefficient (Wildman–Crippen LogP) is 3.50. The quantitative estimate of drug-likeness (QED) is 0.452. The van der Waals surface area contributed by atoms with Crippen LogP contribution in [-0.2, 0) is 4.79 Å². The number of nitro benzene ring substituents is 1. The van der Waals surface area contributed by atoms with Gasteiger partial charge in [-0.15, -0.1) is 11.3 Å². The molecular weight excluding hydrogens is 395 g/mol. The van der Waals surface area contributed by atoms with Crippen molar-refractivity contribution < 1.29 is 14.8 Å². The van der Waals surface area contributed by atoms with E-state index in [4.69, 9.17) is 0 Å². The van der Waals surface area contributed by atoms with Crippen molar-refractivity contribution >= 4 is 51.3 Å². The van der Waals surface area contributed by atoms with E-state index in [2.05, 4.69) is 5.32 Å². The third kappa shape index (κ3) is 3.25. The fraction of sp³-hybridized carbons (Fsp3) is 0.0833. The molecule has 6 nitrogen and oxygen atoms in total. The summed E-state index contributed by atoms with van der Waals surface area (Å²) < 4.78 is 0.597. The summed E-state index contributed by atoms with van der Waals surface area (Å²) in [5, 5.41) is 24.6. The lowest BCUT2D eigenvalue weighted by Crippen LogP contribution is -2.19. The number of hydrogen-bond acceptors (Lipinski definition) is 5. The molecule has 104 valence electrons. The molecule has 20 heavy (non-hydrogen) atoms. The average molecular weight is 404 g/mol. The van der Waals surface area contributed by atoms with Crippen LogP contribution in [0.2, 0.25) is 0 Å². The number of halogens is 1. The molecular formula is C12H9IN2O4S. The van der Waals surface area contributed by atoms with Crippen molar-refractivity contribution in [2.24, 2.45) is 0 Å². The minimum Gasteiger partial charge on any atom is -0.479 e. The van der Waals surface area contributed by atoms with Crippen molar-refractivity contribution in [3.63, 3.8) is 0 Å². The van der Waals surface area contributed by atoms with E-state index in [9.17, 15) is 20.0 Å². The zero-order valence-electron chi connectivity index (χ0n) is 9.95. The minimum absolute atomic E-state index is 0.0250. The molecule has 1 aromatic carbocycles. The number of nitrogens with one attached hydrogen (secondary N) is 1. The Bertz CT molecular complexity index is 645. The van der Waals surface area contributed by atoms with E-state index in [1.165, 1.54) is 29.5 Å². The first kappa shape index (κ1) is 14.7. The number of nitro groups is 1. The summed E-state index contributed by atoms with van der Waals surface area (Å²) in [6, 6.07) is 6.90. The van der Waals surface area contributed by atoms with E-state index >= 15 is 0 Å². The minimum atomic E-state index is -0.999. The van der Waals surface area contributed by atoms with Gasteiger partial charge in [-0.05, 0) is 40.1 Å². The summed E-state index contributed by atoms with van der Waals surface area (Å²) in [5.74, 6) is -0.999. The molecule has 0 aliphatic carbocycles.